The van der Waals surface area contributed by atoms with Crippen LogP contribution < -0.4 is 0 Å². The molecule has 1 saturated carbocycles. The minimum Gasteiger partial charge on any atom is -0.394 e. The number of hydrogen-bond acceptors (Lipinski definition) is 3. The Morgan fingerprint density at radius 3 is 2.13 bits per heavy atom. The molecule has 0 aromatic heterocycles. The summed E-state index contributed by atoms with van der Waals surface area (Å²) in [6.45, 7) is 5.65. The van der Waals surface area contributed by atoms with Gasteiger partial charge in [0, 0.05) is 0 Å². The van der Waals surface area contributed by atoms with E-state index in [-0.39, 0.29) is 41.7 Å². The normalized spacial score (nSPS) is 34.3. The average Bonchev–Trinajstić information content (AvgIpc) is 2.64. The van der Waals surface area contributed by atoms with Crippen molar-refractivity contribution in [3.8, 4) is 0 Å². The molecule has 2 fully saturated rings. The molecule has 2 aliphatic rings. The van der Waals surface area contributed by atoms with Crippen molar-refractivity contribution in [2.24, 2.45) is 17.3 Å². The second-order valence-corrected chi connectivity index (χ2v) is 5.07. The van der Waals surface area contributed by atoms with E-state index in [1.54, 1.807) is 0 Å². The summed E-state index contributed by atoms with van der Waals surface area (Å²) in [5.74, 6) is -0.442. The second-order valence-electron chi connectivity index (χ2n) is 5.07. The molecule has 3 atom stereocenters. The Bertz CT molecular complexity index is 296. The molecule has 2 rings (SSSR count). The third-order valence-corrected chi connectivity index (χ3v) is 3.88. The number of carbonyl (C=O) groups is 2. The first-order chi connectivity index (χ1) is 6.96. The van der Waals surface area contributed by atoms with Crippen LogP contribution in [0.3, 0.4) is 0 Å². The first-order valence-corrected chi connectivity index (χ1v) is 5.44. The van der Waals surface area contributed by atoms with E-state index in [2.05, 4.69) is 0 Å². The number of aliphatic hydroxyl groups excluding tert-OH is 1. The molecule has 15 heavy (non-hydrogen) atoms. The first-order valence-electron chi connectivity index (χ1n) is 5.44. The zero-order valence-corrected chi connectivity index (χ0v) is 9.36. The zero-order chi connectivity index (χ0) is 11.4. The molecule has 0 spiro atoms. The highest BCUT2D eigenvalue weighted by Crippen LogP contribution is 2.63. The number of fused-ring (bicyclic) bond motifs is 1. The highest BCUT2D eigenvalue weighted by Gasteiger charge is 2.72. The minimum absolute atomic E-state index is 0.0871. The molecule has 1 aliphatic heterocycles. The summed E-state index contributed by atoms with van der Waals surface area (Å²) < 4.78 is 0. The van der Waals surface area contributed by atoms with Crippen LogP contribution in [0, 0.1) is 17.3 Å². The molecule has 3 unspecified atom stereocenters. The van der Waals surface area contributed by atoms with E-state index in [1.807, 2.05) is 20.8 Å². The smallest absolute Gasteiger partial charge is 0.234 e. The van der Waals surface area contributed by atoms with Crippen LogP contribution in [0.1, 0.15) is 27.2 Å². The fourth-order valence-electron chi connectivity index (χ4n) is 2.72. The largest absolute Gasteiger partial charge is 0.394 e. The average molecular weight is 211 g/mol. The van der Waals surface area contributed by atoms with E-state index in [1.165, 1.54) is 4.90 Å². The topological polar surface area (TPSA) is 57.6 Å². The predicted molar refractivity (Wildman–Crippen MR) is 53.8 cm³/mol. The molecular weight excluding hydrogens is 194 g/mol. The third-order valence-electron chi connectivity index (χ3n) is 3.88. The summed E-state index contributed by atoms with van der Waals surface area (Å²) in [5, 5.41) is 9.11. The molecule has 4 nitrogen and oxygen atoms in total. The number of rotatable bonds is 3. The van der Waals surface area contributed by atoms with Crippen molar-refractivity contribution in [1.29, 1.82) is 0 Å². The maximum atomic E-state index is 11.9. The molecule has 1 N–H and O–H groups in total. The summed E-state index contributed by atoms with van der Waals surface area (Å²) in [6.07, 6.45) is 0.619. The van der Waals surface area contributed by atoms with Gasteiger partial charge >= 0.3 is 0 Å². The molecule has 0 radical (unpaired) electrons. The van der Waals surface area contributed by atoms with Gasteiger partial charge in [-0.15, -0.1) is 0 Å². The van der Waals surface area contributed by atoms with Crippen molar-refractivity contribution in [3.05, 3.63) is 0 Å². The highest BCUT2D eigenvalue weighted by molar-refractivity contribution is 6.10. The summed E-state index contributed by atoms with van der Waals surface area (Å²) >= 11 is 0. The van der Waals surface area contributed by atoms with Gasteiger partial charge in [-0.25, -0.2) is 0 Å². The molecular formula is C11H17NO3. The Hall–Kier alpha value is -0.900. The lowest BCUT2D eigenvalue weighted by Gasteiger charge is -2.27. The van der Waals surface area contributed by atoms with E-state index in [4.69, 9.17) is 5.11 Å². The van der Waals surface area contributed by atoms with Crippen LogP contribution in [0.2, 0.25) is 0 Å². The van der Waals surface area contributed by atoms with Crippen LogP contribution in [0.5, 0.6) is 0 Å². The molecule has 0 bridgehead atoms. The van der Waals surface area contributed by atoms with Crippen LogP contribution in [0.4, 0.5) is 0 Å². The Morgan fingerprint density at radius 1 is 1.33 bits per heavy atom. The Morgan fingerprint density at radius 2 is 1.80 bits per heavy atom. The number of piperidine rings is 1. The van der Waals surface area contributed by atoms with Crippen molar-refractivity contribution in [2.75, 3.05) is 6.61 Å². The molecule has 2 amide bonds. The van der Waals surface area contributed by atoms with E-state index >= 15 is 0 Å². The van der Waals surface area contributed by atoms with Crippen LogP contribution >= 0.6 is 0 Å². The fourth-order valence-corrected chi connectivity index (χ4v) is 2.72. The SMILES string of the molecule is CCC(CO)N1C(=O)C2C(C1=O)C2(C)C. The quantitative estimate of drug-likeness (QED) is 0.687. The van der Waals surface area contributed by atoms with Crippen LogP contribution in [-0.2, 0) is 9.59 Å². The third kappa shape index (κ3) is 1.17. The van der Waals surface area contributed by atoms with Gasteiger partial charge in [-0.3, -0.25) is 14.5 Å². The van der Waals surface area contributed by atoms with Gasteiger partial charge in [0.15, 0.2) is 0 Å². The Kier molecular flexibility index (Phi) is 2.15. The lowest BCUT2D eigenvalue weighted by Crippen LogP contribution is -2.45. The van der Waals surface area contributed by atoms with Gasteiger partial charge in [0.2, 0.25) is 11.8 Å². The summed E-state index contributed by atoms with van der Waals surface area (Å²) in [5.41, 5.74) is -0.154. The van der Waals surface area contributed by atoms with Gasteiger partial charge in [-0.2, -0.15) is 0 Å². The number of amides is 2. The van der Waals surface area contributed by atoms with Crippen LogP contribution in [-0.4, -0.2) is 34.5 Å². The lowest BCUT2D eigenvalue weighted by molar-refractivity contribution is -0.147. The van der Waals surface area contributed by atoms with Gasteiger partial charge < -0.3 is 5.11 Å². The molecule has 1 saturated heterocycles. The minimum atomic E-state index is -0.325. The predicted octanol–water partition coefficient (Wildman–Crippen LogP) is 0.398. The molecule has 4 heteroatoms. The van der Waals surface area contributed by atoms with Crippen molar-refractivity contribution in [1.82, 2.24) is 4.90 Å². The number of carbonyl (C=O) groups excluding carboxylic acids is 2. The molecule has 0 aromatic rings. The number of likely N-dealkylation sites (tertiary alicyclic amines) is 1. The van der Waals surface area contributed by atoms with Crippen molar-refractivity contribution < 1.29 is 14.7 Å². The van der Waals surface area contributed by atoms with Gasteiger partial charge in [0.1, 0.15) is 0 Å². The number of imide groups is 1. The van der Waals surface area contributed by atoms with Gasteiger partial charge in [-0.05, 0) is 11.8 Å². The van der Waals surface area contributed by atoms with E-state index in [9.17, 15) is 9.59 Å². The van der Waals surface area contributed by atoms with Gasteiger partial charge in [-0.1, -0.05) is 20.8 Å². The molecule has 1 aliphatic carbocycles. The van der Waals surface area contributed by atoms with Crippen molar-refractivity contribution >= 4 is 11.8 Å². The van der Waals surface area contributed by atoms with Crippen molar-refractivity contribution in [3.63, 3.8) is 0 Å². The second kappa shape index (κ2) is 3.04. The van der Waals surface area contributed by atoms with Gasteiger partial charge in [0.05, 0.1) is 24.5 Å². The Balaban J connectivity index is 2.20. The highest BCUT2D eigenvalue weighted by atomic mass is 16.3. The maximum absolute atomic E-state index is 11.9. The zero-order valence-electron chi connectivity index (χ0n) is 9.36. The van der Waals surface area contributed by atoms with Crippen LogP contribution in [0.15, 0.2) is 0 Å². The van der Waals surface area contributed by atoms with Crippen LogP contribution in [0.25, 0.3) is 0 Å². The molecule has 1 heterocycles. The monoisotopic (exact) mass is 211 g/mol. The fraction of sp³-hybridized carbons (Fsp3) is 0.818. The number of aliphatic hydroxyl groups is 1. The number of hydrogen-bond donors (Lipinski definition) is 1. The van der Waals surface area contributed by atoms with E-state index in [0.717, 1.165) is 0 Å². The maximum Gasteiger partial charge on any atom is 0.234 e. The van der Waals surface area contributed by atoms with Crippen molar-refractivity contribution in [2.45, 2.75) is 33.2 Å². The standard InChI is InChI=1S/C11H17NO3/c1-4-6(5-13)12-9(14)7-8(10(12)15)11(7,2)3/h6-8,13H,4-5H2,1-3H3. The molecule has 84 valence electrons. The molecule has 0 aromatic carbocycles. The van der Waals surface area contributed by atoms with Gasteiger partial charge in [0.25, 0.3) is 0 Å². The Labute approximate surface area is 89.3 Å². The summed E-state index contributed by atoms with van der Waals surface area (Å²) in [6, 6.07) is -0.325. The van der Waals surface area contributed by atoms with E-state index in [0.29, 0.717) is 6.42 Å². The number of nitrogens with zero attached hydrogens (tertiary/aromatic N) is 1. The summed E-state index contributed by atoms with van der Waals surface area (Å²) in [7, 11) is 0. The first kappa shape index (κ1) is 10.6. The van der Waals surface area contributed by atoms with E-state index < -0.39 is 0 Å². The summed E-state index contributed by atoms with van der Waals surface area (Å²) in [4.78, 5) is 25.1. The lowest BCUT2D eigenvalue weighted by atomic mass is 10.0.